The minimum absolute atomic E-state index is 0.192. The summed E-state index contributed by atoms with van der Waals surface area (Å²) in [6.07, 6.45) is 3.59. The highest BCUT2D eigenvalue weighted by molar-refractivity contribution is 6.09. The van der Waals surface area contributed by atoms with Crippen LogP contribution in [0.1, 0.15) is 40.9 Å². The molecule has 2 aromatic heterocycles. The molecule has 0 unspecified atom stereocenters. The monoisotopic (exact) mass is 366 g/mol. The van der Waals surface area contributed by atoms with Crippen LogP contribution in [0.25, 0.3) is 5.52 Å². The number of benzene rings is 1. The lowest BCUT2D eigenvalue weighted by molar-refractivity contribution is 0.0942. The molecule has 7 nitrogen and oxygen atoms in total. The first-order chi connectivity index (χ1) is 13.1. The molecule has 2 amide bonds. The summed E-state index contributed by atoms with van der Waals surface area (Å²) in [6.45, 7) is 2.63. The van der Waals surface area contributed by atoms with Crippen molar-refractivity contribution in [3.05, 3.63) is 60.2 Å². The largest absolute Gasteiger partial charge is 0.497 e. The summed E-state index contributed by atoms with van der Waals surface area (Å²) in [6, 6.07) is 12.4. The number of aromatic nitrogens is 2. The van der Waals surface area contributed by atoms with Crippen LogP contribution in [0.5, 0.6) is 5.75 Å². The second kappa shape index (κ2) is 8.35. The van der Waals surface area contributed by atoms with Crippen LogP contribution >= 0.6 is 0 Å². The highest BCUT2D eigenvalue weighted by Gasteiger charge is 2.21. The molecule has 27 heavy (non-hydrogen) atoms. The Morgan fingerprint density at radius 1 is 1.15 bits per heavy atom. The summed E-state index contributed by atoms with van der Waals surface area (Å²) in [5.41, 5.74) is 1.35. The molecule has 0 saturated carbocycles. The molecule has 0 atom stereocenters. The van der Waals surface area contributed by atoms with Crippen molar-refractivity contribution in [2.75, 3.05) is 19.0 Å². The van der Waals surface area contributed by atoms with Crippen LogP contribution in [-0.4, -0.2) is 34.9 Å². The van der Waals surface area contributed by atoms with E-state index in [0.717, 1.165) is 12.8 Å². The van der Waals surface area contributed by atoms with Crippen molar-refractivity contribution >= 4 is 23.0 Å². The molecular formula is C20H22N4O3. The number of imidazole rings is 1. The Morgan fingerprint density at radius 3 is 2.78 bits per heavy atom. The van der Waals surface area contributed by atoms with Crippen molar-refractivity contribution in [1.29, 1.82) is 0 Å². The van der Waals surface area contributed by atoms with Gasteiger partial charge in [-0.3, -0.25) is 14.0 Å². The third-order valence-corrected chi connectivity index (χ3v) is 4.11. The normalized spacial score (nSPS) is 10.6. The number of nitrogens with one attached hydrogen (secondary N) is 2. The lowest BCUT2D eigenvalue weighted by Gasteiger charge is -2.05. The zero-order valence-electron chi connectivity index (χ0n) is 15.4. The summed E-state index contributed by atoms with van der Waals surface area (Å²) in [4.78, 5) is 29.5. The third-order valence-electron chi connectivity index (χ3n) is 4.11. The van der Waals surface area contributed by atoms with Gasteiger partial charge < -0.3 is 15.4 Å². The molecule has 0 bridgehead atoms. The Balaban J connectivity index is 1.89. The van der Waals surface area contributed by atoms with Gasteiger partial charge in [-0.2, -0.15) is 0 Å². The third kappa shape index (κ3) is 4.08. The van der Waals surface area contributed by atoms with Gasteiger partial charge in [-0.15, -0.1) is 0 Å². The SMILES string of the molecule is CCCCNC(=O)c1nc(C(=O)Nc2cccc(OC)c2)c2ccccn12. The number of fused-ring (bicyclic) bond motifs is 1. The van der Waals surface area contributed by atoms with E-state index in [2.05, 4.69) is 22.5 Å². The van der Waals surface area contributed by atoms with Crippen molar-refractivity contribution in [2.24, 2.45) is 0 Å². The minimum atomic E-state index is -0.389. The number of rotatable bonds is 7. The van der Waals surface area contributed by atoms with E-state index in [1.54, 1.807) is 60.2 Å². The van der Waals surface area contributed by atoms with E-state index >= 15 is 0 Å². The minimum Gasteiger partial charge on any atom is -0.497 e. The van der Waals surface area contributed by atoms with Crippen LogP contribution in [-0.2, 0) is 0 Å². The Kier molecular flexibility index (Phi) is 5.71. The number of hydrogen-bond acceptors (Lipinski definition) is 4. The first kappa shape index (κ1) is 18.4. The number of carbonyl (C=O) groups excluding carboxylic acids is 2. The number of anilines is 1. The molecular weight excluding hydrogens is 344 g/mol. The zero-order valence-corrected chi connectivity index (χ0v) is 15.4. The standard InChI is InChI=1S/C20H22N4O3/c1-3-4-11-21-20(26)18-23-17(16-10-5-6-12-24(16)18)19(25)22-14-8-7-9-15(13-14)27-2/h5-10,12-13H,3-4,11H2,1-2H3,(H,21,26)(H,22,25). The van der Waals surface area contributed by atoms with Crippen molar-refractivity contribution in [3.8, 4) is 5.75 Å². The number of nitrogens with zero attached hydrogens (tertiary/aromatic N) is 2. The van der Waals surface area contributed by atoms with Gasteiger partial charge in [-0.05, 0) is 30.7 Å². The van der Waals surface area contributed by atoms with Gasteiger partial charge in [0.05, 0.1) is 12.6 Å². The highest BCUT2D eigenvalue weighted by atomic mass is 16.5. The molecule has 3 aromatic rings. The Hall–Kier alpha value is -3.35. The summed E-state index contributed by atoms with van der Waals surface area (Å²) in [5, 5.41) is 5.64. The molecule has 7 heteroatoms. The van der Waals surface area contributed by atoms with Gasteiger partial charge in [-0.25, -0.2) is 4.98 Å². The summed E-state index contributed by atoms with van der Waals surface area (Å²) >= 11 is 0. The summed E-state index contributed by atoms with van der Waals surface area (Å²) in [5.74, 6) is 0.139. The number of unbranched alkanes of at least 4 members (excludes halogenated alkanes) is 1. The molecule has 0 spiro atoms. The molecule has 0 aliphatic rings. The van der Waals surface area contributed by atoms with Gasteiger partial charge in [0.1, 0.15) is 5.75 Å². The van der Waals surface area contributed by atoms with E-state index in [9.17, 15) is 9.59 Å². The van der Waals surface area contributed by atoms with Gasteiger partial charge in [0, 0.05) is 24.5 Å². The topological polar surface area (TPSA) is 84.7 Å². The Bertz CT molecular complexity index is 965. The number of amides is 2. The molecule has 2 heterocycles. The van der Waals surface area contributed by atoms with Gasteiger partial charge >= 0.3 is 0 Å². The molecule has 3 rings (SSSR count). The van der Waals surface area contributed by atoms with E-state index in [-0.39, 0.29) is 23.3 Å². The number of methoxy groups -OCH3 is 1. The molecule has 1 aromatic carbocycles. The van der Waals surface area contributed by atoms with E-state index in [0.29, 0.717) is 23.5 Å². The molecule has 140 valence electrons. The smallest absolute Gasteiger partial charge is 0.287 e. The molecule has 0 fully saturated rings. The van der Waals surface area contributed by atoms with E-state index in [4.69, 9.17) is 4.74 Å². The molecule has 0 saturated heterocycles. The Labute approximate surface area is 157 Å². The maximum atomic E-state index is 12.8. The van der Waals surface area contributed by atoms with Crippen molar-refractivity contribution < 1.29 is 14.3 Å². The second-order valence-corrected chi connectivity index (χ2v) is 6.04. The highest BCUT2D eigenvalue weighted by Crippen LogP contribution is 2.19. The van der Waals surface area contributed by atoms with Crippen molar-refractivity contribution in [3.63, 3.8) is 0 Å². The predicted molar refractivity (Wildman–Crippen MR) is 103 cm³/mol. The number of carbonyl (C=O) groups is 2. The molecule has 0 aliphatic carbocycles. The fraction of sp³-hybridized carbons (Fsp3) is 0.250. The Morgan fingerprint density at radius 2 is 2.00 bits per heavy atom. The zero-order chi connectivity index (χ0) is 19.2. The second-order valence-electron chi connectivity index (χ2n) is 6.04. The van der Waals surface area contributed by atoms with Crippen LogP contribution in [0.2, 0.25) is 0 Å². The molecule has 0 radical (unpaired) electrons. The average molecular weight is 366 g/mol. The average Bonchev–Trinajstić information content (AvgIpc) is 3.08. The number of pyridine rings is 1. The van der Waals surface area contributed by atoms with E-state index in [1.807, 2.05) is 0 Å². The van der Waals surface area contributed by atoms with Gasteiger partial charge in [0.25, 0.3) is 11.8 Å². The van der Waals surface area contributed by atoms with Gasteiger partial charge in [0.15, 0.2) is 5.69 Å². The molecule has 0 aliphatic heterocycles. The van der Waals surface area contributed by atoms with Gasteiger partial charge in [0.2, 0.25) is 5.82 Å². The summed E-state index contributed by atoms with van der Waals surface area (Å²) in [7, 11) is 1.56. The van der Waals surface area contributed by atoms with Crippen molar-refractivity contribution in [2.45, 2.75) is 19.8 Å². The fourth-order valence-electron chi connectivity index (χ4n) is 2.71. The van der Waals surface area contributed by atoms with Crippen LogP contribution in [0.3, 0.4) is 0 Å². The summed E-state index contributed by atoms with van der Waals surface area (Å²) < 4.78 is 6.80. The predicted octanol–water partition coefficient (Wildman–Crippen LogP) is 3.13. The first-order valence-electron chi connectivity index (χ1n) is 8.84. The maximum absolute atomic E-state index is 12.8. The van der Waals surface area contributed by atoms with Gasteiger partial charge in [-0.1, -0.05) is 25.5 Å². The van der Waals surface area contributed by atoms with E-state index in [1.165, 1.54) is 0 Å². The van der Waals surface area contributed by atoms with Crippen molar-refractivity contribution in [1.82, 2.24) is 14.7 Å². The van der Waals surface area contributed by atoms with E-state index < -0.39 is 0 Å². The van der Waals surface area contributed by atoms with Crippen LogP contribution in [0.15, 0.2) is 48.7 Å². The number of hydrogen-bond donors (Lipinski definition) is 2. The van der Waals surface area contributed by atoms with Crippen LogP contribution in [0.4, 0.5) is 5.69 Å². The fourth-order valence-corrected chi connectivity index (χ4v) is 2.71. The number of ether oxygens (including phenoxy) is 1. The maximum Gasteiger partial charge on any atom is 0.287 e. The quantitative estimate of drug-likeness (QED) is 0.629. The molecule has 2 N–H and O–H groups in total. The lowest BCUT2D eigenvalue weighted by Crippen LogP contribution is -2.26. The lowest BCUT2D eigenvalue weighted by atomic mass is 10.2. The van der Waals surface area contributed by atoms with Crippen LogP contribution in [0, 0.1) is 0 Å². The first-order valence-corrected chi connectivity index (χ1v) is 8.84. The van der Waals surface area contributed by atoms with Crippen LogP contribution < -0.4 is 15.4 Å².